The highest BCUT2D eigenvalue weighted by Crippen LogP contribution is 2.45. The second kappa shape index (κ2) is 5.43. The summed E-state index contributed by atoms with van der Waals surface area (Å²) in [5.74, 6) is 1.17. The number of hydrogen-bond donors (Lipinski definition) is 0. The fourth-order valence-corrected chi connectivity index (χ4v) is 4.06. The number of hydrogen-bond acceptors (Lipinski definition) is 1. The maximum atomic E-state index is 13.2. The molecule has 21 heavy (non-hydrogen) atoms. The lowest BCUT2D eigenvalue weighted by Crippen LogP contribution is -2.54. The first kappa shape index (κ1) is 14.6. The molecule has 114 valence electrons. The summed E-state index contributed by atoms with van der Waals surface area (Å²) in [5, 5.41) is 0. The highest BCUT2D eigenvalue weighted by molar-refractivity contribution is 5.89. The lowest BCUT2D eigenvalue weighted by molar-refractivity contribution is -0.143. The minimum atomic E-state index is -0.384. The van der Waals surface area contributed by atoms with Crippen molar-refractivity contribution in [2.24, 2.45) is 11.8 Å². The molecule has 1 aliphatic heterocycles. The van der Waals surface area contributed by atoms with Gasteiger partial charge in [-0.25, -0.2) is 4.39 Å². The van der Waals surface area contributed by atoms with E-state index in [1.165, 1.54) is 18.6 Å². The number of carbonyl (C=O) groups is 1. The van der Waals surface area contributed by atoms with E-state index in [1.807, 2.05) is 0 Å². The van der Waals surface area contributed by atoms with E-state index in [9.17, 15) is 9.18 Å². The molecule has 1 amide bonds. The summed E-state index contributed by atoms with van der Waals surface area (Å²) < 4.78 is 13.2. The van der Waals surface area contributed by atoms with Crippen molar-refractivity contribution < 1.29 is 9.18 Å². The van der Waals surface area contributed by atoms with Gasteiger partial charge in [0.25, 0.3) is 0 Å². The van der Waals surface area contributed by atoms with Gasteiger partial charge >= 0.3 is 0 Å². The van der Waals surface area contributed by atoms with Gasteiger partial charge in [-0.1, -0.05) is 32.4 Å². The monoisotopic (exact) mass is 289 g/mol. The van der Waals surface area contributed by atoms with Crippen molar-refractivity contribution in [1.29, 1.82) is 0 Å². The van der Waals surface area contributed by atoms with Crippen LogP contribution in [0.3, 0.4) is 0 Å². The van der Waals surface area contributed by atoms with Crippen LogP contribution in [0.2, 0.25) is 0 Å². The van der Waals surface area contributed by atoms with E-state index in [4.69, 9.17) is 0 Å². The minimum Gasteiger partial charge on any atom is -0.341 e. The molecule has 1 aliphatic carbocycles. The number of benzene rings is 1. The number of likely N-dealkylation sites (tertiary alicyclic amines) is 1. The molecule has 2 aliphatic rings. The van der Waals surface area contributed by atoms with E-state index in [1.54, 1.807) is 12.1 Å². The third-order valence-corrected chi connectivity index (χ3v) is 5.17. The molecular formula is C18H24FNO. The maximum absolute atomic E-state index is 13.2. The lowest BCUT2D eigenvalue weighted by atomic mass is 9.63. The fourth-order valence-electron chi connectivity index (χ4n) is 4.06. The van der Waals surface area contributed by atoms with Crippen LogP contribution in [0.25, 0.3) is 0 Å². The Morgan fingerprint density at radius 1 is 1.14 bits per heavy atom. The zero-order valence-corrected chi connectivity index (χ0v) is 12.9. The molecule has 1 aromatic carbocycles. The first-order valence-electron chi connectivity index (χ1n) is 8.07. The van der Waals surface area contributed by atoms with Crippen molar-refractivity contribution >= 4 is 5.91 Å². The number of carbonyl (C=O) groups excluding carboxylic acids is 1. The van der Waals surface area contributed by atoms with Crippen molar-refractivity contribution in [2.75, 3.05) is 13.1 Å². The van der Waals surface area contributed by atoms with Gasteiger partial charge in [-0.05, 0) is 48.8 Å². The Kier molecular flexibility index (Phi) is 3.76. The second-order valence-electron chi connectivity index (χ2n) is 7.10. The van der Waals surface area contributed by atoms with Gasteiger partial charge in [0.15, 0.2) is 0 Å². The molecule has 0 bridgehead atoms. The smallest absolute Gasteiger partial charge is 0.233 e. The fraction of sp³-hybridized carbons (Fsp3) is 0.611. The summed E-state index contributed by atoms with van der Waals surface area (Å²) in [6, 6.07) is 6.54. The highest BCUT2D eigenvalue weighted by atomic mass is 19.1. The molecule has 0 radical (unpaired) electrons. The second-order valence-corrected chi connectivity index (χ2v) is 7.10. The summed E-state index contributed by atoms with van der Waals surface area (Å²) in [6.07, 6.45) is 4.09. The number of amides is 1. The Balaban J connectivity index is 1.85. The summed E-state index contributed by atoms with van der Waals surface area (Å²) in [7, 11) is 0. The first-order chi connectivity index (χ1) is 10.0. The average molecular weight is 289 g/mol. The van der Waals surface area contributed by atoms with Gasteiger partial charge in [-0.15, -0.1) is 0 Å². The van der Waals surface area contributed by atoms with Gasteiger partial charge < -0.3 is 4.90 Å². The lowest BCUT2D eigenvalue weighted by Gasteiger charge is -2.46. The average Bonchev–Trinajstić information content (AvgIpc) is 2.38. The quantitative estimate of drug-likeness (QED) is 0.812. The van der Waals surface area contributed by atoms with Crippen LogP contribution in [0.4, 0.5) is 4.39 Å². The van der Waals surface area contributed by atoms with Crippen molar-refractivity contribution in [2.45, 2.75) is 44.9 Å². The number of rotatable bonds is 2. The third-order valence-electron chi connectivity index (χ3n) is 5.17. The maximum Gasteiger partial charge on any atom is 0.233 e. The first-order valence-corrected chi connectivity index (χ1v) is 8.07. The summed E-state index contributed by atoms with van der Waals surface area (Å²) in [6.45, 7) is 6.18. The van der Waals surface area contributed by atoms with E-state index in [0.29, 0.717) is 11.8 Å². The van der Waals surface area contributed by atoms with Gasteiger partial charge in [0.05, 0.1) is 5.41 Å². The summed E-state index contributed by atoms with van der Waals surface area (Å²) in [5.41, 5.74) is 0.607. The van der Waals surface area contributed by atoms with Crippen molar-refractivity contribution in [3.8, 4) is 0 Å². The molecule has 2 fully saturated rings. The number of nitrogens with zero attached hydrogens (tertiary/aromatic N) is 1. The van der Waals surface area contributed by atoms with Crippen molar-refractivity contribution in [3.05, 3.63) is 35.6 Å². The van der Waals surface area contributed by atoms with Gasteiger partial charge in [-0.3, -0.25) is 4.79 Å². The zero-order chi connectivity index (χ0) is 15.0. The summed E-state index contributed by atoms with van der Waals surface area (Å²) in [4.78, 5) is 15.2. The van der Waals surface area contributed by atoms with Gasteiger partial charge in [-0.2, -0.15) is 0 Å². The van der Waals surface area contributed by atoms with Crippen molar-refractivity contribution in [3.63, 3.8) is 0 Å². The Labute approximate surface area is 126 Å². The molecule has 1 heterocycles. The van der Waals surface area contributed by atoms with E-state index >= 15 is 0 Å². The molecule has 3 rings (SSSR count). The Bertz CT molecular complexity index is 511. The van der Waals surface area contributed by atoms with Crippen LogP contribution in [0.5, 0.6) is 0 Å². The van der Waals surface area contributed by atoms with Crippen LogP contribution in [-0.4, -0.2) is 23.9 Å². The molecule has 0 aromatic heterocycles. The number of halogens is 1. The molecule has 2 nitrogen and oxygen atoms in total. The van der Waals surface area contributed by atoms with E-state index in [0.717, 1.165) is 37.9 Å². The van der Waals surface area contributed by atoms with E-state index in [2.05, 4.69) is 18.7 Å². The molecule has 2 unspecified atom stereocenters. The van der Waals surface area contributed by atoms with Gasteiger partial charge in [0, 0.05) is 13.1 Å². The predicted molar refractivity (Wildman–Crippen MR) is 81.5 cm³/mol. The van der Waals surface area contributed by atoms with Crippen LogP contribution in [-0.2, 0) is 10.2 Å². The Morgan fingerprint density at radius 2 is 1.71 bits per heavy atom. The SMILES string of the molecule is CC1CC(C)CN(C(=O)C2(c3ccc(F)cc3)CCC2)C1. The molecule has 1 saturated carbocycles. The highest BCUT2D eigenvalue weighted by Gasteiger charge is 2.48. The van der Waals surface area contributed by atoms with Crippen LogP contribution >= 0.6 is 0 Å². The molecule has 2 atom stereocenters. The van der Waals surface area contributed by atoms with E-state index in [-0.39, 0.29) is 17.1 Å². The standard InChI is InChI=1S/C18H24FNO/c1-13-10-14(2)12-20(11-13)17(21)18(8-3-9-18)15-4-6-16(19)7-5-15/h4-7,13-14H,3,8-12H2,1-2H3. The van der Waals surface area contributed by atoms with Crippen LogP contribution in [0.15, 0.2) is 24.3 Å². The normalized spacial score (nSPS) is 28.0. The molecule has 3 heteroatoms. The Hall–Kier alpha value is -1.38. The van der Waals surface area contributed by atoms with Gasteiger partial charge in [0.2, 0.25) is 5.91 Å². The Morgan fingerprint density at radius 3 is 2.19 bits per heavy atom. The summed E-state index contributed by atoms with van der Waals surface area (Å²) >= 11 is 0. The molecule has 1 saturated heterocycles. The minimum absolute atomic E-state index is 0.235. The van der Waals surface area contributed by atoms with Gasteiger partial charge in [0.1, 0.15) is 5.82 Å². The van der Waals surface area contributed by atoms with E-state index < -0.39 is 0 Å². The largest absolute Gasteiger partial charge is 0.341 e. The topological polar surface area (TPSA) is 20.3 Å². The predicted octanol–water partition coefficient (Wildman–Crippen LogP) is 3.75. The van der Waals surface area contributed by atoms with Crippen molar-refractivity contribution in [1.82, 2.24) is 4.90 Å². The molecular weight excluding hydrogens is 265 g/mol. The molecule has 0 N–H and O–H groups in total. The van der Waals surface area contributed by atoms with Crippen LogP contribution in [0, 0.1) is 17.7 Å². The third kappa shape index (κ3) is 2.58. The van der Waals surface area contributed by atoms with Crippen LogP contribution in [0.1, 0.15) is 45.1 Å². The van der Waals surface area contributed by atoms with Crippen LogP contribution < -0.4 is 0 Å². The molecule has 1 aromatic rings. The zero-order valence-electron chi connectivity index (χ0n) is 12.9. The number of piperidine rings is 1. The molecule has 0 spiro atoms.